The van der Waals surface area contributed by atoms with Crippen LogP contribution >= 0.6 is 0 Å². The number of nitrogens with zero attached hydrogens (tertiary/aromatic N) is 1. The summed E-state index contributed by atoms with van der Waals surface area (Å²) >= 11 is 0. The second kappa shape index (κ2) is 11.9. The Morgan fingerprint density at radius 2 is 1.76 bits per heavy atom. The molecule has 0 aromatic heterocycles. The van der Waals surface area contributed by atoms with Crippen molar-refractivity contribution in [2.24, 2.45) is 46.3 Å². The predicted octanol–water partition coefficient (Wildman–Crippen LogP) is 5.31. The van der Waals surface area contributed by atoms with Crippen molar-refractivity contribution in [1.29, 1.82) is 0 Å². The Hall–Kier alpha value is -1.48. The predicted molar refractivity (Wildman–Crippen MR) is 159 cm³/mol. The lowest BCUT2D eigenvalue weighted by molar-refractivity contribution is -0.175. The van der Waals surface area contributed by atoms with Crippen molar-refractivity contribution in [3.63, 3.8) is 0 Å². The Labute approximate surface area is 246 Å². The summed E-state index contributed by atoms with van der Waals surface area (Å²) < 4.78 is 32.2. The zero-order valence-electron chi connectivity index (χ0n) is 25.1. The van der Waals surface area contributed by atoms with Crippen molar-refractivity contribution in [2.45, 2.75) is 104 Å². The highest BCUT2D eigenvalue weighted by Crippen LogP contribution is 2.68. The third-order valence-electron chi connectivity index (χ3n) is 12.5. The third kappa shape index (κ3) is 6.13. The molecule has 5 rings (SSSR count). The minimum absolute atomic E-state index is 0.0390. The summed E-state index contributed by atoms with van der Waals surface area (Å²) in [5.41, 5.74) is 0.978. The minimum Gasteiger partial charge on any atom is -0.393 e. The van der Waals surface area contributed by atoms with Gasteiger partial charge in [-0.05, 0) is 110 Å². The van der Waals surface area contributed by atoms with Gasteiger partial charge < -0.3 is 15.1 Å². The molecule has 0 aliphatic heterocycles. The Balaban J connectivity index is 1.25. The van der Waals surface area contributed by atoms with Crippen molar-refractivity contribution < 1.29 is 28.0 Å². The van der Waals surface area contributed by atoms with Crippen LogP contribution in [0.3, 0.4) is 0 Å². The summed E-state index contributed by atoms with van der Waals surface area (Å²) in [4.78, 5) is 14.9. The van der Waals surface area contributed by atoms with Gasteiger partial charge in [-0.25, -0.2) is 0 Å². The highest BCUT2D eigenvalue weighted by molar-refractivity contribution is 7.85. The van der Waals surface area contributed by atoms with Crippen molar-refractivity contribution in [3.8, 4) is 0 Å². The molecule has 10 atom stereocenters. The lowest BCUT2D eigenvalue weighted by Gasteiger charge is -2.62. The van der Waals surface area contributed by atoms with Crippen LogP contribution in [0.15, 0.2) is 30.3 Å². The number of carbonyl (C=O) groups excluding carboxylic acids is 1. The van der Waals surface area contributed by atoms with Gasteiger partial charge in [0.25, 0.3) is 10.1 Å². The molecule has 1 amide bonds. The van der Waals surface area contributed by atoms with E-state index in [0.29, 0.717) is 49.0 Å². The molecule has 7 nitrogen and oxygen atoms in total. The topological polar surface area (TPSA) is 115 Å². The Kier molecular flexibility index (Phi) is 8.98. The standard InChI is InChI=1S/C33H51NO6S/c1-22(9-14-31(37)34(17-18-41(38,39)40)21-23-7-5-4-6-8-23)27-12-13-28-26-11-10-24-19-25(35)15-16-32(24,2)29(26)20-30(36)33(27,28)3/h4-8,22,24-30,35-36H,9-21H2,1-3H3,(H,38,39,40)/t22-,24-,25-,26+,27-,28+,29+,30+,32+,33-/m1/s1. The molecule has 1 aromatic rings. The Morgan fingerprint density at radius 3 is 2.46 bits per heavy atom. The second-order valence-electron chi connectivity index (χ2n) is 14.5. The zero-order chi connectivity index (χ0) is 29.6. The molecule has 4 saturated carbocycles. The summed E-state index contributed by atoms with van der Waals surface area (Å²) in [6.45, 7) is 7.26. The van der Waals surface area contributed by atoms with Crippen LogP contribution in [0.4, 0.5) is 0 Å². The number of rotatable bonds is 9. The zero-order valence-corrected chi connectivity index (χ0v) is 25.9. The molecule has 0 heterocycles. The molecule has 0 radical (unpaired) electrons. The molecule has 4 fully saturated rings. The molecular weight excluding hydrogens is 538 g/mol. The van der Waals surface area contributed by atoms with E-state index in [4.69, 9.17) is 0 Å². The van der Waals surface area contributed by atoms with Crippen LogP contribution in [0.1, 0.15) is 90.5 Å². The number of amides is 1. The van der Waals surface area contributed by atoms with Crippen molar-refractivity contribution in [3.05, 3.63) is 35.9 Å². The van der Waals surface area contributed by atoms with E-state index in [9.17, 15) is 28.0 Å². The Bertz CT molecular complexity index is 1180. The van der Waals surface area contributed by atoms with Crippen LogP contribution in [-0.2, 0) is 21.5 Å². The lowest BCUT2D eigenvalue weighted by atomic mass is 9.43. The molecule has 230 valence electrons. The molecule has 4 aliphatic carbocycles. The van der Waals surface area contributed by atoms with Crippen molar-refractivity contribution in [1.82, 2.24) is 4.90 Å². The largest absolute Gasteiger partial charge is 0.393 e. The highest BCUT2D eigenvalue weighted by atomic mass is 32.2. The normalized spacial score (nSPS) is 39.3. The first-order valence-electron chi connectivity index (χ1n) is 16.0. The van der Waals surface area contributed by atoms with E-state index in [2.05, 4.69) is 20.8 Å². The van der Waals surface area contributed by atoms with Gasteiger partial charge >= 0.3 is 0 Å². The fourth-order valence-electron chi connectivity index (χ4n) is 10.2. The minimum atomic E-state index is -4.18. The maximum absolute atomic E-state index is 13.4. The monoisotopic (exact) mass is 589 g/mol. The van der Waals surface area contributed by atoms with Crippen molar-refractivity contribution >= 4 is 16.0 Å². The number of aliphatic hydroxyl groups is 2. The molecule has 4 aliphatic rings. The van der Waals surface area contributed by atoms with E-state index in [1.807, 2.05) is 30.3 Å². The lowest BCUT2D eigenvalue weighted by Crippen LogP contribution is -2.58. The summed E-state index contributed by atoms with van der Waals surface area (Å²) in [7, 11) is -4.18. The van der Waals surface area contributed by atoms with E-state index >= 15 is 0 Å². The van der Waals surface area contributed by atoms with Gasteiger partial charge in [0.15, 0.2) is 0 Å². The van der Waals surface area contributed by atoms with Gasteiger partial charge in [0.1, 0.15) is 0 Å². The summed E-state index contributed by atoms with van der Waals surface area (Å²) in [5, 5.41) is 22.2. The van der Waals surface area contributed by atoms with E-state index in [1.54, 1.807) is 4.90 Å². The van der Waals surface area contributed by atoms with E-state index in [1.165, 1.54) is 12.8 Å². The SMILES string of the molecule is C[C@H](CCC(=O)N(CCS(=O)(=O)O)Cc1ccccc1)[C@H]1CC[C@H]2[C@@H]3CC[C@@H]4C[C@H](O)CC[C@]4(C)[C@H]3C[C@H](O)[C@]12C. The van der Waals surface area contributed by atoms with Gasteiger partial charge in [-0.1, -0.05) is 51.1 Å². The number of benzene rings is 1. The molecule has 3 N–H and O–H groups in total. The van der Waals surface area contributed by atoms with Crippen LogP contribution in [-0.4, -0.2) is 58.5 Å². The highest BCUT2D eigenvalue weighted by Gasteiger charge is 2.63. The van der Waals surface area contributed by atoms with Crippen LogP contribution in [0, 0.1) is 46.3 Å². The number of hydrogen-bond donors (Lipinski definition) is 3. The van der Waals surface area contributed by atoms with Crippen LogP contribution in [0.2, 0.25) is 0 Å². The van der Waals surface area contributed by atoms with E-state index in [-0.39, 0.29) is 41.4 Å². The van der Waals surface area contributed by atoms with Crippen LogP contribution < -0.4 is 0 Å². The van der Waals surface area contributed by atoms with E-state index in [0.717, 1.165) is 44.1 Å². The average molecular weight is 590 g/mol. The van der Waals surface area contributed by atoms with Gasteiger partial charge in [0.2, 0.25) is 5.91 Å². The fraction of sp³-hybridized carbons (Fsp3) is 0.788. The smallest absolute Gasteiger partial charge is 0.266 e. The van der Waals surface area contributed by atoms with Crippen LogP contribution in [0.5, 0.6) is 0 Å². The van der Waals surface area contributed by atoms with Gasteiger partial charge in [-0.15, -0.1) is 0 Å². The van der Waals surface area contributed by atoms with Gasteiger partial charge in [0, 0.05) is 19.5 Å². The molecule has 0 spiro atoms. The summed E-state index contributed by atoms with van der Waals surface area (Å²) in [5.74, 6) is 2.23. The fourth-order valence-corrected chi connectivity index (χ4v) is 10.6. The van der Waals surface area contributed by atoms with E-state index < -0.39 is 15.9 Å². The maximum atomic E-state index is 13.4. The quantitative estimate of drug-likeness (QED) is 0.336. The first kappa shape index (κ1) is 31.0. The average Bonchev–Trinajstić information content (AvgIpc) is 3.29. The van der Waals surface area contributed by atoms with Gasteiger partial charge in [-0.2, -0.15) is 8.42 Å². The van der Waals surface area contributed by atoms with Gasteiger partial charge in [-0.3, -0.25) is 9.35 Å². The summed E-state index contributed by atoms with van der Waals surface area (Å²) in [6.07, 6.45) is 8.80. The van der Waals surface area contributed by atoms with Crippen LogP contribution in [0.25, 0.3) is 0 Å². The van der Waals surface area contributed by atoms with Gasteiger partial charge in [0.05, 0.1) is 18.0 Å². The molecule has 0 bridgehead atoms. The Morgan fingerprint density at radius 1 is 1.02 bits per heavy atom. The number of hydrogen-bond acceptors (Lipinski definition) is 5. The van der Waals surface area contributed by atoms with Crippen molar-refractivity contribution in [2.75, 3.05) is 12.3 Å². The molecule has 41 heavy (non-hydrogen) atoms. The maximum Gasteiger partial charge on any atom is 0.266 e. The first-order valence-corrected chi connectivity index (χ1v) is 17.6. The number of fused-ring (bicyclic) bond motifs is 5. The number of carbonyl (C=O) groups is 1. The molecule has 8 heteroatoms. The molecule has 0 saturated heterocycles. The number of aliphatic hydroxyl groups excluding tert-OH is 2. The molecular formula is C33H51NO6S. The molecule has 1 aromatic carbocycles. The summed E-state index contributed by atoms with van der Waals surface area (Å²) in [6, 6.07) is 9.52. The third-order valence-corrected chi connectivity index (χ3v) is 13.2. The second-order valence-corrected chi connectivity index (χ2v) is 16.1. The first-order chi connectivity index (χ1) is 19.3. The molecule has 0 unspecified atom stereocenters.